The van der Waals surface area contributed by atoms with E-state index < -0.39 is 0 Å². The van der Waals surface area contributed by atoms with E-state index in [2.05, 4.69) is 25.2 Å². The van der Waals surface area contributed by atoms with Crippen molar-refractivity contribution in [3.8, 4) is 5.75 Å². The molecule has 2 nitrogen and oxygen atoms in total. The number of halogens is 1. The molecule has 1 aromatic rings. The Hall–Kier alpha value is -0.890. The van der Waals surface area contributed by atoms with E-state index in [1.807, 2.05) is 13.0 Å². The zero-order chi connectivity index (χ0) is 14.0. The number of aryl methyl sites for hydroxylation is 1. The van der Waals surface area contributed by atoms with Gasteiger partial charge in [0.1, 0.15) is 5.75 Å². The highest BCUT2D eigenvalue weighted by Gasteiger charge is 2.24. The van der Waals surface area contributed by atoms with Crippen molar-refractivity contribution in [2.75, 3.05) is 12.4 Å². The van der Waals surface area contributed by atoms with E-state index in [0.717, 1.165) is 33.9 Å². The summed E-state index contributed by atoms with van der Waals surface area (Å²) in [7, 11) is 1.69. The van der Waals surface area contributed by atoms with E-state index >= 15 is 0 Å². The molecule has 0 heterocycles. The summed E-state index contributed by atoms with van der Waals surface area (Å²) in [4.78, 5) is 0. The lowest BCUT2D eigenvalue weighted by molar-refractivity contribution is 0.280. The first kappa shape index (κ1) is 14.5. The summed E-state index contributed by atoms with van der Waals surface area (Å²) < 4.78 is 5.43. The molecule has 19 heavy (non-hydrogen) atoms. The number of ether oxygens (including phenoxy) is 1. The minimum absolute atomic E-state index is 0.535. The number of rotatable bonds is 3. The predicted octanol–water partition coefficient (Wildman–Crippen LogP) is 4.89. The van der Waals surface area contributed by atoms with E-state index in [4.69, 9.17) is 16.3 Å². The Morgan fingerprint density at radius 3 is 2.37 bits per heavy atom. The van der Waals surface area contributed by atoms with Gasteiger partial charge < -0.3 is 10.1 Å². The lowest BCUT2D eigenvalue weighted by Gasteiger charge is -2.33. The Balaban J connectivity index is 2.16. The van der Waals surface area contributed by atoms with Gasteiger partial charge in [-0.15, -0.1) is 0 Å². The van der Waals surface area contributed by atoms with Crippen molar-refractivity contribution >= 4 is 17.3 Å². The molecule has 2 atom stereocenters. The number of hydrogen-bond donors (Lipinski definition) is 1. The van der Waals surface area contributed by atoms with Gasteiger partial charge >= 0.3 is 0 Å². The maximum atomic E-state index is 6.15. The van der Waals surface area contributed by atoms with E-state index in [1.165, 1.54) is 19.3 Å². The Morgan fingerprint density at radius 2 is 1.79 bits per heavy atom. The molecular weight excluding hydrogens is 258 g/mol. The molecule has 1 aliphatic rings. The van der Waals surface area contributed by atoms with Crippen LogP contribution in [0, 0.1) is 18.8 Å². The maximum Gasteiger partial charge on any atom is 0.143 e. The van der Waals surface area contributed by atoms with Crippen molar-refractivity contribution < 1.29 is 4.74 Å². The van der Waals surface area contributed by atoms with Crippen molar-refractivity contribution in [1.29, 1.82) is 0 Å². The van der Waals surface area contributed by atoms with E-state index in [0.29, 0.717) is 6.04 Å². The average molecular weight is 282 g/mol. The maximum absolute atomic E-state index is 6.15. The van der Waals surface area contributed by atoms with Crippen molar-refractivity contribution in [3.63, 3.8) is 0 Å². The van der Waals surface area contributed by atoms with E-state index in [-0.39, 0.29) is 0 Å². The van der Waals surface area contributed by atoms with Gasteiger partial charge in [0.05, 0.1) is 12.8 Å². The summed E-state index contributed by atoms with van der Waals surface area (Å²) in [5, 5.41) is 4.40. The summed E-state index contributed by atoms with van der Waals surface area (Å²) in [6, 6.07) is 4.52. The molecule has 0 radical (unpaired) electrons. The van der Waals surface area contributed by atoms with Crippen molar-refractivity contribution in [3.05, 3.63) is 22.7 Å². The van der Waals surface area contributed by atoms with Gasteiger partial charge in [0.25, 0.3) is 0 Å². The molecular formula is C16H24ClNO. The molecule has 106 valence electrons. The van der Waals surface area contributed by atoms with Gasteiger partial charge in [-0.2, -0.15) is 0 Å². The summed E-state index contributed by atoms with van der Waals surface area (Å²) in [5.74, 6) is 2.42. The largest absolute Gasteiger partial charge is 0.495 e. The molecule has 0 spiro atoms. The first-order chi connectivity index (χ1) is 8.99. The Bertz CT molecular complexity index is 437. The first-order valence-corrected chi connectivity index (χ1v) is 7.48. The van der Waals surface area contributed by atoms with Crippen molar-refractivity contribution in [1.82, 2.24) is 0 Å². The van der Waals surface area contributed by atoms with Crippen LogP contribution in [-0.4, -0.2) is 13.2 Å². The topological polar surface area (TPSA) is 21.3 Å². The van der Waals surface area contributed by atoms with Crippen LogP contribution >= 0.6 is 11.6 Å². The van der Waals surface area contributed by atoms with Crippen molar-refractivity contribution in [2.45, 2.75) is 46.1 Å². The van der Waals surface area contributed by atoms with Gasteiger partial charge in [-0.3, -0.25) is 0 Å². The molecule has 2 rings (SSSR count). The Labute approximate surface area is 121 Å². The Morgan fingerprint density at radius 1 is 1.16 bits per heavy atom. The standard InChI is InChI=1S/C16H24ClNO/c1-10-5-11(2)7-13(6-10)18-15-8-12(3)14(17)9-16(15)19-4/h8-11,13,18H,5-7H2,1-4H3. The van der Waals surface area contributed by atoms with Crippen LogP contribution in [0.25, 0.3) is 0 Å². The van der Waals surface area contributed by atoms with E-state index in [1.54, 1.807) is 7.11 Å². The minimum Gasteiger partial charge on any atom is -0.495 e. The van der Waals surface area contributed by atoms with Crippen LogP contribution in [0.5, 0.6) is 5.75 Å². The third kappa shape index (κ3) is 3.56. The Kier molecular flexibility index (Phi) is 4.62. The minimum atomic E-state index is 0.535. The van der Waals surface area contributed by atoms with Gasteiger partial charge in [-0.05, 0) is 49.7 Å². The molecule has 0 saturated heterocycles. The molecule has 1 aromatic carbocycles. The van der Waals surface area contributed by atoms with Gasteiger partial charge in [0.15, 0.2) is 0 Å². The third-order valence-corrected chi connectivity index (χ3v) is 4.43. The second-order valence-corrected chi connectivity index (χ2v) is 6.47. The zero-order valence-corrected chi connectivity index (χ0v) is 13.1. The first-order valence-electron chi connectivity index (χ1n) is 7.10. The zero-order valence-electron chi connectivity index (χ0n) is 12.3. The van der Waals surface area contributed by atoms with Gasteiger partial charge in [-0.1, -0.05) is 25.4 Å². The predicted molar refractivity (Wildman–Crippen MR) is 82.3 cm³/mol. The van der Waals surface area contributed by atoms with Crippen LogP contribution < -0.4 is 10.1 Å². The van der Waals surface area contributed by atoms with Crippen molar-refractivity contribution in [2.24, 2.45) is 11.8 Å². The van der Waals surface area contributed by atoms with Gasteiger partial charge in [0, 0.05) is 17.1 Å². The number of anilines is 1. The summed E-state index contributed by atoms with van der Waals surface area (Å²) in [5.41, 5.74) is 2.15. The highest BCUT2D eigenvalue weighted by atomic mass is 35.5. The van der Waals surface area contributed by atoms with Crippen LogP contribution in [0.2, 0.25) is 5.02 Å². The molecule has 0 amide bonds. The smallest absolute Gasteiger partial charge is 0.143 e. The molecule has 0 aliphatic heterocycles. The van der Waals surface area contributed by atoms with Crippen LogP contribution in [-0.2, 0) is 0 Å². The number of benzene rings is 1. The molecule has 2 unspecified atom stereocenters. The molecule has 1 aliphatic carbocycles. The van der Waals surface area contributed by atoms with Crippen LogP contribution in [0.1, 0.15) is 38.7 Å². The third-order valence-electron chi connectivity index (χ3n) is 4.02. The molecule has 1 N–H and O–H groups in total. The monoisotopic (exact) mass is 281 g/mol. The second-order valence-electron chi connectivity index (χ2n) is 6.06. The van der Waals surface area contributed by atoms with Crippen LogP contribution in [0.3, 0.4) is 0 Å². The highest BCUT2D eigenvalue weighted by molar-refractivity contribution is 6.31. The lowest BCUT2D eigenvalue weighted by atomic mass is 9.80. The molecule has 0 bridgehead atoms. The summed E-state index contributed by atoms with van der Waals surface area (Å²) in [6.07, 6.45) is 3.80. The molecule has 3 heteroatoms. The van der Waals surface area contributed by atoms with E-state index in [9.17, 15) is 0 Å². The van der Waals surface area contributed by atoms with Crippen LogP contribution in [0.4, 0.5) is 5.69 Å². The summed E-state index contributed by atoms with van der Waals surface area (Å²) in [6.45, 7) is 6.71. The number of hydrogen-bond acceptors (Lipinski definition) is 2. The quantitative estimate of drug-likeness (QED) is 0.851. The van der Waals surface area contributed by atoms with Gasteiger partial charge in [0.2, 0.25) is 0 Å². The second kappa shape index (κ2) is 6.04. The molecule has 1 fully saturated rings. The lowest BCUT2D eigenvalue weighted by Crippen LogP contribution is -2.30. The SMILES string of the molecule is COc1cc(Cl)c(C)cc1NC1CC(C)CC(C)C1. The molecule has 1 saturated carbocycles. The molecule has 0 aromatic heterocycles. The number of methoxy groups -OCH3 is 1. The fraction of sp³-hybridized carbons (Fsp3) is 0.625. The fourth-order valence-electron chi connectivity index (χ4n) is 3.23. The van der Waals surface area contributed by atoms with Crippen LogP contribution in [0.15, 0.2) is 12.1 Å². The normalized spacial score (nSPS) is 27.1. The van der Waals surface area contributed by atoms with Gasteiger partial charge in [-0.25, -0.2) is 0 Å². The highest BCUT2D eigenvalue weighted by Crippen LogP contribution is 2.35. The summed E-state index contributed by atoms with van der Waals surface area (Å²) >= 11 is 6.15. The fourth-order valence-corrected chi connectivity index (χ4v) is 3.38. The average Bonchev–Trinajstić information content (AvgIpc) is 2.32. The number of nitrogens with one attached hydrogen (secondary N) is 1.